The molecule has 118 valence electrons. The van der Waals surface area contributed by atoms with Crippen LogP contribution in [0, 0.1) is 17.2 Å². The van der Waals surface area contributed by atoms with Crippen LogP contribution in [0.25, 0.3) is 10.9 Å². The van der Waals surface area contributed by atoms with Gasteiger partial charge in [0.25, 0.3) is 0 Å². The predicted octanol–water partition coefficient (Wildman–Crippen LogP) is 4.13. The molecule has 4 nitrogen and oxygen atoms in total. The van der Waals surface area contributed by atoms with E-state index in [0.29, 0.717) is 22.7 Å². The second kappa shape index (κ2) is 5.99. The average molecular weight is 328 g/mol. The minimum Gasteiger partial charge on any atom is -0.380 e. The number of halogens is 1. The molecule has 1 saturated heterocycles. The van der Waals surface area contributed by atoms with Crippen LogP contribution < -0.4 is 5.32 Å². The van der Waals surface area contributed by atoms with Gasteiger partial charge >= 0.3 is 0 Å². The van der Waals surface area contributed by atoms with E-state index in [0.717, 1.165) is 42.0 Å². The normalized spacial score (nSPS) is 24.3. The molecule has 1 N–H and O–H groups in total. The van der Waals surface area contributed by atoms with Crippen LogP contribution in [0.2, 0.25) is 5.02 Å². The Hall–Kier alpha value is -1.83. The van der Waals surface area contributed by atoms with Crippen molar-refractivity contribution in [3.05, 3.63) is 35.0 Å². The zero-order chi connectivity index (χ0) is 15.8. The number of ether oxygens (including phenoxy) is 1. The van der Waals surface area contributed by atoms with Crippen molar-refractivity contribution >= 4 is 28.2 Å². The third-order valence-corrected chi connectivity index (χ3v) is 5.00. The van der Waals surface area contributed by atoms with Gasteiger partial charge in [-0.15, -0.1) is 0 Å². The van der Waals surface area contributed by atoms with Crippen LogP contribution >= 0.6 is 11.6 Å². The van der Waals surface area contributed by atoms with Gasteiger partial charge in [0.2, 0.25) is 0 Å². The molecule has 1 saturated carbocycles. The Kier molecular flexibility index (Phi) is 3.84. The van der Waals surface area contributed by atoms with E-state index in [1.807, 2.05) is 18.2 Å². The highest BCUT2D eigenvalue weighted by molar-refractivity contribution is 6.31. The molecule has 4 rings (SSSR count). The Morgan fingerprint density at radius 3 is 2.96 bits per heavy atom. The van der Waals surface area contributed by atoms with Gasteiger partial charge < -0.3 is 10.1 Å². The van der Waals surface area contributed by atoms with Crippen LogP contribution in [0.5, 0.6) is 0 Å². The first-order chi connectivity index (χ1) is 11.2. The lowest BCUT2D eigenvalue weighted by Gasteiger charge is -2.31. The summed E-state index contributed by atoms with van der Waals surface area (Å²) in [7, 11) is 0. The Morgan fingerprint density at radius 2 is 2.17 bits per heavy atom. The number of nitriles is 1. The zero-order valence-electron chi connectivity index (χ0n) is 12.8. The summed E-state index contributed by atoms with van der Waals surface area (Å²) in [5.74, 6) is 0.735. The van der Waals surface area contributed by atoms with E-state index in [1.165, 1.54) is 12.8 Å². The van der Waals surface area contributed by atoms with E-state index in [9.17, 15) is 5.26 Å². The molecular formula is C18H18ClN3O. The number of hydrogen-bond acceptors (Lipinski definition) is 4. The summed E-state index contributed by atoms with van der Waals surface area (Å²) in [6, 6.07) is 8.16. The molecule has 5 heteroatoms. The molecule has 1 aromatic carbocycles. The molecule has 1 aliphatic carbocycles. The smallest absolute Gasteiger partial charge is 0.103 e. The van der Waals surface area contributed by atoms with Gasteiger partial charge in [-0.3, -0.25) is 4.98 Å². The zero-order valence-corrected chi connectivity index (χ0v) is 13.5. The molecule has 2 heterocycles. The van der Waals surface area contributed by atoms with Crippen LogP contribution in [0.15, 0.2) is 24.4 Å². The van der Waals surface area contributed by atoms with Gasteiger partial charge in [-0.2, -0.15) is 5.26 Å². The molecule has 1 aromatic heterocycles. The fraction of sp³-hybridized carbons (Fsp3) is 0.444. The highest BCUT2D eigenvalue weighted by Gasteiger charge is 2.36. The summed E-state index contributed by atoms with van der Waals surface area (Å²) in [5.41, 5.74) is 2.26. The fourth-order valence-corrected chi connectivity index (χ4v) is 3.54. The largest absolute Gasteiger partial charge is 0.380 e. The van der Waals surface area contributed by atoms with Crippen molar-refractivity contribution in [1.29, 1.82) is 5.26 Å². The summed E-state index contributed by atoms with van der Waals surface area (Å²) in [5, 5.41) is 14.6. The number of aromatic nitrogens is 1. The molecule has 1 aliphatic heterocycles. The Balaban J connectivity index is 1.66. The molecular weight excluding hydrogens is 310 g/mol. The van der Waals surface area contributed by atoms with Crippen molar-refractivity contribution in [2.24, 2.45) is 5.92 Å². The predicted molar refractivity (Wildman–Crippen MR) is 90.6 cm³/mol. The fourth-order valence-electron chi connectivity index (χ4n) is 3.36. The molecule has 2 aromatic rings. The molecule has 2 unspecified atom stereocenters. The van der Waals surface area contributed by atoms with E-state index in [2.05, 4.69) is 16.4 Å². The molecule has 0 amide bonds. The lowest BCUT2D eigenvalue weighted by Crippen LogP contribution is -2.35. The van der Waals surface area contributed by atoms with E-state index in [1.54, 1.807) is 6.20 Å². The minimum absolute atomic E-state index is 0.325. The second-order valence-electron chi connectivity index (χ2n) is 6.43. The van der Waals surface area contributed by atoms with E-state index in [4.69, 9.17) is 16.3 Å². The average Bonchev–Trinajstić information content (AvgIpc) is 3.41. The lowest BCUT2D eigenvalue weighted by atomic mass is 9.99. The number of rotatable bonds is 3. The maximum absolute atomic E-state index is 9.44. The van der Waals surface area contributed by atoms with Gasteiger partial charge in [0, 0.05) is 29.3 Å². The van der Waals surface area contributed by atoms with E-state index < -0.39 is 0 Å². The molecule has 23 heavy (non-hydrogen) atoms. The van der Waals surface area contributed by atoms with E-state index >= 15 is 0 Å². The summed E-state index contributed by atoms with van der Waals surface area (Å²) in [4.78, 5) is 4.35. The van der Waals surface area contributed by atoms with Gasteiger partial charge in [0.15, 0.2) is 0 Å². The van der Waals surface area contributed by atoms with Gasteiger partial charge in [0.05, 0.1) is 22.9 Å². The number of fused-ring (bicyclic) bond motifs is 1. The van der Waals surface area contributed by atoms with E-state index in [-0.39, 0.29) is 0 Å². The topological polar surface area (TPSA) is 57.9 Å². The van der Waals surface area contributed by atoms with Crippen molar-refractivity contribution in [2.45, 2.75) is 37.8 Å². The molecule has 0 bridgehead atoms. The monoisotopic (exact) mass is 327 g/mol. The first-order valence-corrected chi connectivity index (χ1v) is 8.49. The van der Waals surface area contributed by atoms with Crippen LogP contribution in [0.4, 0.5) is 5.69 Å². The van der Waals surface area contributed by atoms with Crippen molar-refractivity contribution in [2.75, 3.05) is 11.9 Å². The third kappa shape index (κ3) is 2.99. The van der Waals surface area contributed by atoms with Gasteiger partial charge in [-0.1, -0.05) is 11.6 Å². The molecule has 2 aliphatic rings. The van der Waals surface area contributed by atoms with Crippen LogP contribution in [0.3, 0.4) is 0 Å². The first kappa shape index (κ1) is 14.7. The Labute approximate surface area is 140 Å². The maximum Gasteiger partial charge on any atom is 0.103 e. The Bertz CT molecular complexity index is 782. The first-order valence-electron chi connectivity index (χ1n) is 8.11. The minimum atomic E-state index is 0.325. The summed E-state index contributed by atoms with van der Waals surface area (Å²) in [6.45, 7) is 0.782. The summed E-state index contributed by atoms with van der Waals surface area (Å²) < 4.78 is 5.89. The highest BCUT2D eigenvalue weighted by Crippen LogP contribution is 2.39. The number of pyridine rings is 1. The lowest BCUT2D eigenvalue weighted by molar-refractivity contribution is -0.00217. The Morgan fingerprint density at radius 1 is 1.30 bits per heavy atom. The van der Waals surface area contributed by atoms with Crippen LogP contribution in [-0.4, -0.2) is 23.7 Å². The van der Waals surface area contributed by atoms with Gasteiger partial charge in [-0.25, -0.2) is 0 Å². The third-order valence-electron chi connectivity index (χ3n) is 4.76. The number of nitrogens with zero attached hydrogens (tertiary/aromatic N) is 2. The maximum atomic E-state index is 9.44. The number of benzene rings is 1. The molecule has 0 radical (unpaired) electrons. The number of anilines is 1. The number of hydrogen-bond donors (Lipinski definition) is 1. The highest BCUT2D eigenvalue weighted by atomic mass is 35.5. The van der Waals surface area contributed by atoms with Gasteiger partial charge in [0.1, 0.15) is 6.07 Å². The standard InChI is InChI=1S/C18H18ClN3O/c19-13-3-4-16-15(7-13)18(12(9-20)10-21-16)22-14-5-6-23-17(8-14)11-1-2-11/h3-4,7,10-11,14,17H,1-2,5-6,8H2,(H,21,22). The van der Waals surface area contributed by atoms with Gasteiger partial charge in [-0.05, 0) is 49.8 Å². The number of nitrogens with one attached hydrogen (secondary N) is 1. The van der Waals surface area contributed by atoms with Crippen molar-refractivity contribution in [1.82, 2.24) is 4.98 Å². The summed E-state index contributed by atoms with van der Waals surface area (Å²) >= 11 is 6.14. The molecule has 0 spiro atoms. The van der Waals surface area contributed by atoms with Crippen LogP contribution in [-0.2, 0) is 4.74 Å². The molecule has 2 atom stereocenters. The summed E-state index contributed by atoms with van der Waals surface area (Å²) in [6.07, 6.45) is 6.53. The van der Waals surface area contributed by atoms with Crippen LogP contribution in [0.1, 0.15) is 31.2 Å². The van der Waals surface area contributed by atoms with Crippen molar-refractivity contribution in [3.63, 3.8) is 0 Å². The second-order valence-corrected chi connectivity index (χ2v) is 6.87. The van der Waals surface area contributed by atoms with Crippen molar-refractivity contribution in [3.8, 4) is 6.07 Å². The molecule has 2 fully saturated rings. The SMILES string of the molecule is N#Cc1cnc2ccc(Cl)cc2c1NC1CCOC(C2CC2)C1. The quantitative estimate of drug-likeness (QED) is 0.920. The van der Waals surface area contributed by atoms with Crippen molar-refractivity contribution < 1.29 is 4.74 Å².